The van der Waals surface area contributed by atoms with Crippen LogP contribution in [0.2, 0.25) is 0 Å². The normalized spacial score (nSPS) is 28.0. The van der Waals surface area contributed by atoms with Crippen LogP contribution in [0.1, 0.15) is 36.8 Å². The standard InChI is InChI=1S/C17H22O4/c1-11-2-7-16-13(8-11)9-15(21-16)10-20-14-5-3-12(4-6-14)17(18)19/h2,7-8,12,14-15H,3-6,9-10H2,1H3,(H,18,19). The SMILES string of the molecule is Cc1ccc2c(c1)CC(COC1CCC(C(=O)O)CC1)O2. The van der Waals surface area contributed by atoms with Gasteiger partial charge in [-0.1, -0.05) is 17.7 Å². The van der Waals surface area contributed by atoms with E-state index in [0.717, 1.165) is 37.9 Å². The zero-order valence-electron chi connectivity index (χ0n) is 12.4. The van der Waals surface area contributed by atoms with Gasteiger partial charge in [-0.15, -0.1) is 0 Å². The predicted molar refractivity (Wildman–Crippen MR) is 78.6 cm³/mol. The number of hydrogen-bond donors (Lipinski definition) is 1. The Morgan fingerprint density at radius 2 is 2.10 bits per heavy atom. The van der Waals surface area contributed by atoms with Crippen molar-refractivity contribution in [2.75, 3.05) is 6.61 Å². The highest BCUT2D eigenvalue weighted by atomic mass is 16.5. The smallest absolute Gasteiger partial charge is 0.306 e. The monoisotopic (exact) mass is 290 g/mol. The number of rotatable bonds is 4. The number of carbonyl (C=O) groups is 1. The Hall–Kier alpha value is -1.55. The largest absolute Gasteiger partial charge is 0.487 e. The molecule has 1 heterocycles. The van der Waals surface area contributed by atoms with Crippen molar-refractivity contribution in [1.82, 2.24) is 0 Å². The summed E-state index contributed by atoms with van der Waals surface area (Å²) in [5, 5.41) is 8.99. The molecule has 1 atom stereocenters. The fourth-order valence-electron chi connectivity index (χ4n) is 3.26. The molecule has 1 fully saturated rings. The molecule has 1 aromatic carbocycles. The van der Waals surface area contributed by atoms with E-state index >= 15 is 0 Å². The van der Waals surface area contributed by atoms with Gasteiger partial charge in [0.05, 0.1) is 18.6 Å². The van der Waals surface area contributed by atoms with Crippen molar-refractivity contribution < 1.29 is 19.4 Å². The molecule has 1 aliphatic carbocycles. The third-order valence-corrected chi connectivity index (χ3v) is 4.50. The molecule has 0 radical (unpaired) electrons. The van der Waals surface area contributed by atoms with Crippen molar-refractivity contribution in [1.29, 1.82) is 0 Å². The lowest BCUT2D eigenvalue weighted by molar-refractivity contribution is -0.144. The summed E-state index contributed by atoms with van der Waals surface area (Å²) in [7, 11) is 0. The maximum Gasteiger partial charge on any atom is 0.306 e. The molecule has 0 aromatic heterocycles. The highest BCUT2D eigenvalue weighted by Gasteiger charge is 2.28. The second kappa shape index (κ2) is 6.06. The third kappa shape index (κ3) is 3.38. The minimum absolute atomic E-state index is 0.0963. The number of hydrogen-bond acceptors (Lipinski definition) is 3. The van der Waals surface area contributed by atoms with Crippen LogP contribution in [0.5, 0.6) is 5.75 Å². The van der Waals surface area contributed by atoms with Gasteiger partial charge in [0.25, 0.3) is 0 Å². The molecule has 0 bridgehead atoms. The zero-order valence-corrected chi connectivity index (χ0v) is 12.4. The summed E-state index contributed by atoms with van der Waals surface area (Å²) < 4.78 is 11.8. The average molecular weight is 290 g/mol. The molecule has 3 rings (SSSR count). The highest BCUT2D eigenvalue weighted by Crippen LogP contribution is 2.31. The van der Waals surface area contributed by atoms with Gasteiger partial charge in [-0.25, -0.2) is 0 Å². The summed E-state index contributed by atoms with van der Waals surface area (Å²) in [4.78, 5) is 10.9. The maximum absolute atomic E-state index is 10.9. The van der Waals surface area contributed by atoms with Gasteiger partial charge in [-0.2, -0.15) is 0 Å². The summed E-state index contributed by atoms with van der Waals surface area (Å²) in [6.45, 7) is 2.68. The number of benzene rings is 1. The molecular formula is C17H22O4. The number of fused-ring (bicyclic) bond motifs is 1. The summed E-state index contributed by atoms with van der Waals surface area (Å²) in [6.07, 6.45) is 4.33. The first-order valence-electron chi connectivity index (χ1n) is 7.72. The minimum atomic E-state index is -0.668. The first-order valence-corrected chi connectivity index (χ1v) is 7.72. The molecule has 0 spiro atoms. The fraction of sp³-hybridized carbons (Fsp3) is 0.588. The Kier molecular flexibility index (Phi) is 4.15. The van der Waals surface area contributed by atoms with Crippen LogP contribution in [-0.4, -0.2) is 29.9 Å². The van der Waals surface area contributed by atoms with E-state index in [0.29, 0.717) is 6.61 Å². The lowest BCUT2D eigenvalue weighted by Crippen LogP contribution is -2.30. The van der Waals surface area contributed by atoms with Crippen LogP contribution in [0, 0.1) is 12.8 Å². The van der Waals surface area contributed by atoms with E-state index in [1.54, 1.807) is 0 Å². The van der Waals surface area contributed by atoms with Gasteiger partial charge < -0.3 is 14.6 Å². The van der Waals surface area contributed by atoms with E-state index in [1.807, 2.05) is 6.07 Å². The summed E-state index contributed by atoms with van der Waals surface area (Å²) in [5.74, 6) is 0.127. The number of aryl methyl sites for hydroxylation is 1. The Bertz CT molecular complexity index is 518. The molecular weight excluding hydrogens is 268 g/mol. The first kappa shape index (κ1) is 14.4. The molecule has 114 valence electrons. The number of carboxylic acid groups (broad SMARTS) is 1. The van der Waals surface area contributed by atoms with E-state index in [9.17, 15) is 4.79 Å². The second-order valence-electron chi connectivity index (χ2n) is 6.20. The van der Waals surface area contributed by atoms with Gasteiger partial charge in [0, 0.05) is 6.42 Å². The van der Waals surface area contributed by atoms with Gasteiger partial charge in [-0.05, 0) is 44.2 Å². The molecule has 4 heteroatoms. The van der Waals surface area contributed by atoms with E-state index < -0.39 is 5.97 Å². The van der Waals surface area contributed by atoms with Crippen molar-refractivity contribution in [2.24, 2.45) is 5.92 Å². The molecule has 2 aliphatic rings. The number of carboxylic acids is 1. The molecule has 1 unspecified atom stereocenters. The Labute approximate surface area is 125 Å². The lowest BCUT2D eigenvalue weighted by Gasteiger charge is -2.27. The Morgan fingerprint density at radius 3 is 2.81 bits per heavy atom. The molecule has 21 heavy (non-hydrogen) atoms. The fourth-order valence-corrected chi connectivity index (χ4v) is 3.26. The first-order chi connectivity index (χ1) is 10.1. The van der Waals surface area contributed by atoms with Crippen LogP contribution >= 0.6 is 0 Å². The van der Waals surface area contributed by atoms with Gasteiger partial charge in [-0.3, -0.25) is 4.79 Å². The summed E-state index contributed by atoms with van der Waals surface area (Å²) in [6, 6.07) is 6.27. The molecule has 1 N–H and O–H groups in total. The molecule has 0 amide bonds. The number of ether oxygens (including phenoxy) is 2. The molecule has 1 saturated carbocycles. The van der Waals surface area contributed by atoms with Crippen LogP contribution in [0.25, 0.3) is 0 Å². The van der Waals surface area contributed by atoms with Gasteiger partial charge in [0.1, 0.15) is 11.9 Å². The van der Waals surface area contributed by atoms with Gasteiger partial charge in [0.15, 0.2) is 0 Å². The molecule has 0 saturated heterocycles. The van der Waals surface area contributed by atoms with E-state index in [2.05, 4.69) is 19.1 Å². The van der Waals surface area contributed by atoms with Gasteiger partial charge >= 0.3 is 5.97 Å². The van der Waals surface area contributed by atoms with E-state index in [1.165, 1.54) is 11.1 Å². The Morgan fingerprint density at radius 1 is 1.33 bits per heavy atom. The average Bonchev–Trinajstić information content (AvgIpc) is 2.87. The molecule has 1 aromatic rings. The summed E-state index contributed by atoms with van der Waals surface area (Å²) in [5.41, 5.74) is 2.52. The van der Waals surface area contributed by atoms with Crippen molar-refractivity contribution in [3.05, 3.63) is 29.3 Å². The summed E-state index contributed by atoms with van der Waals surface area (Å²) >= 11 is 0. The van der Waals surface area contributed by atoms with Crippen LogP contribution in [0.4, 0.5) is 0 Å². The number of aliphatic carboxylic acids is 1. The second-order valence-corrected chi connectivity index (χ2v) is 6.20. The van der Waals surface area contributed by atoms with Crippen molar-refractivity contribution in [2.45, 2.75) is 51.2 Å². The van der Waals surface area contributed by atoms with Crippen LogP contribution in [0.3, 0.4) is 0 Å². The predicted octanol–water partition coefficient (Wildman–Crippen LogP) is 2.96. The quantitative estimate of drug-likeness (QED) is 0.926. The van der Waals surface area contributed by atoms with Crippen molar-refractivity contribution in [3.63, 3.8) is 0 Å². The third-order valence-electron chi connectivity index (χ3n) is 4.50. The molecule has 4 nitrogen and oxygen atoms in total. The highest BCUT2D eigenvalue weighted by molar-refractivity contribution is 5.70. The zero-order chi connectivity index (χ0) is 14.8. The van der Waals surface area contributed by atoms with Crippen molar-refractivity contribution >= 4 is 5.97 Å². The van der Waals surface area contributed by atoms with Crippen LogP contribution in [-0.2, 0) is 16.0 Å². The Balaban J connectivity index is 1.44. The van der Waals surface area contributed by atoms with Crippen LogP contribution in [0.15, 0.2) is 18.2 Å². The van der Waals surface area contributed by atoms with Crippen LogP contribution < -0.4 is 4.74 Å². The minimum Gasteiger partial charge on any atom is -0.487 e. The van der Waals surface area contributed by atoms with Gasteiger partial charge in [0.2, 0.25) is 0 Å². The molecule has 1 aliphatic heterocycles. The lowest BCUT2D eigenvalue weighted by atomic mass is 9.87. The topological polar surface area (TPSA) is 55.8 Å². The maximum atomic E-state index is 10.9. The van der Waals surface area contributed by atoms with E-state index in [-0.39, 0.29) is 18.1 Å². The van der Waals surface area contributed by atoms with Crippen molar-refractivity contribution in [3.8, 4) is 5.75 Å². The van der Waals surface area contributed by atoms with E-state index in [4.69, 9.17) is 14.6 Å².